The van der Waals surface area contributed by atoms with Crippen molar-refractivity contribution in [3.63, 3.8) is 0 Å². The van der Waals surface area contributed by atoms with Crippen molar-refractivity contribution in [2.75, 3.05) is 18.0 Å². The van der Waals surface area contributed by atoms with Crippen molar-refractivity contribution in [1.82, 2.24) is 20.2 Å². The fourth-order valence-corrected chi connectivity index (χ4v) is 1.55. The number of nitrogens with zero attached hydrogens (tertiary/aromatic N) is 4. The molecule has 0 aliphatic carbocycles. The van der Waals surface area contributed by atoms with Gasteiger partial charge < -0.3 is 9.32 Å². The summed E-state index contributed by atoms with van der Waals surface area (Å²) in [6.45, 7) is 3.93. The number of hydrogen-bond donors (Lipinski definition) is 1. The summed E-state index contributed by atoms with van der Waals surface area (Å²) in [5.74, 6) is 2.17. The zero-order chi connectivity index (χ0) is 10.3. The molecule has 0 bridgehead atoms. The molecular formula is C9H11N5O. The average Bonchev–Trinajstić information content (AvgIpc) is 2.70. The maximum absolute atomic E-state index is 5.12. The van der Waals surface area contributed by atoms with Gasteiger partial charge in [-0.15, -0.1) is 5.10 Å². The summed E-state index contributed by atoms with van der Waals surface area (Å²) in [5, 5.41) is 7.02. The van der Waals surface area contributed by atoms with Gasteiger partial charge in [-0.3, -0.25) is 5.10 Å². The number of oxazole rings is 1. The smallest absolute Gasteiger partial charge is 0.245 e. The first kappa shape index (κ1) is 8.46. The van der Waals surface area contributed by atoms with E-state index in [4.69, 9.17) is 4.42 Å². The number of rotatable bonds is 2. The number of hydrogen-bond acceptors (Lipinski definition) is 5. The third-order valence-corrected chi connectivity index (χ3v) is 2.58. The van der Waals surface area contributed by atoms with Crippen LogP contribution in [0, 0.1) is 6.92 Å². The van der Waals surface area contributed by atoms with Crippen molar-refractivity contribution < 1.29 is 4.42 Å². The summed E-state index contributed by atoms with van der Waals surface area (Å²) in [7, 11) is 0. The minimum Gasteiger partial charge on any atom is -0.448 e. The molecule has 0 saturated carbocycles. The van der Waals surface area contributed by atoms with Crippen LogP contribution in [0.3, 0.4) is 0 Å². The van der Waals surface area contributed by atoms with E-state index in [1.165, 1.54) is 12.8 Å². The van der Waals surface area contributed by atoms with Crippen LogP contribution in [0.1, 0.15) is 12.2 Å². The lowest BCUT2D eigenvalue weighted by Gasteiger charge is -2.29. The second kappa shape index (κ2) is 3.08. The van der Waals surface area contributed by atoms with Crippen molar-refractivity contribution >= 4 is 5.95 Å². The first-order chi connectivity index (χ1) is 7.34. The van der Waals surface area contributed by atoms with Gasteiger partial charge in [-0.2, -0.15) is 4.98 Å². The molecule has 1 saturated heterocycles. The summed E-state index contributed by atoms with van der Waals surface area (Å²) >= 11 is 0. The largest absolute Gasteiger partial charge is 0.448 e. The summed E-state index contributed by atoms with van der Waals surface area (Å²) < 4.78 is 5.12. The predicted molar refractivity (Wildman–Crippen MR) is 53.4 cm³/mol. The van der Waals surface area contributed by atoms with E-state index in [0.29, 0.717) is 5.82 Å². The lowest BCUT2D eigenvalue weighted by atomic mass is 10.2. The highest BCUT2D eigenvalue weighted by atomic mass is 16.3. The molecule has 0 unspecified atom stereocenters. The molecule has 2 aromatic heterocycles. The van der Waals surface area contributed by atoms with Gasteiger partial charge in [-0.05, 0) is 13.3 Å². The summed E-state index contributed by atoms with van der Waals surface area (Å²) in [5.41, 5.74) is 0.731. The molecule has 1 aliphatic heterocycles. The second-order valence-electron chi connectivity index (χ2n) is 3.58. The van der Waals surface area contributed by atoms with Gasteiger partial charge in [-0.1, -0.05) is 0 Å². The minimum absolute atomic E-state index is 0.670. The molecule has 3 rings (SSSR count). The number of nitrogens with one attached hydrogen (secondary N) is 1. The van der Waals surface area contributed by atoms with Crippen LogP contribution in [-0.4, -0.2) is 33.3 Å². The van der Waals surface area contributed by atoms with Crippen molar-refractivity contribution in [3.05, 3.63) is 12.2 Å². The van der Waals surface area contributed by atoms with Crippen LogP contribution in [0.15, 0.2) is 10.8 Å². The van der Waals surface area contributed by atoms with Crippen LogP contribution in [0.25, 0.3) is 11.5 Å². The van der Waals surface area contributed by atoms with Crippen LogP contribution >= 0.6 is 0 Å². The topological polar surface area (TPSA) is 70.8 Å². The molecule has 0 spiro atoms. The highest BCUT2D eigenvalue weighted by Gasteiger charge is 2.20. The van der Waals surface area contributed by atoms with E-state index in [-0.39, 0.29) is 0 Å². The van der Waals surface area contributed by atoms with Gasteiger partial charge in [0.15, 0.2) is 12.2 Å². The van der Waals surface area contributed by atoms with E-state index in [0.717, 1.165) is 30.5 Å². The highest BCUT2D eigenvalue weighted by Crippen LogP contribution is 2.21. The fourth-order valence-electron chi connectivity index (χ4n) is 1.55. The monoisotopic (exact) mass is 205 g/mol. The maximum Gasteiger partial charge on any atom is 0.245 e. The lowest BCUT2D eigenvalue weighted by molar-refractivity contribution is 0.527. The van der Waals surface area contributed by atoms with Crippen LogP contribution in [0.2, 0.25) is 0 Å². The Bertz CT molecular complexity index is 470. The first-order valence-electron chi connectivity index (χ1n) is 4.92. The van der Waals surface area contributed by atoms with Gasteiger partial charge in [0.1, 0.15) is 11.5 Å². The van der Waals surface area contributed by atoms with Gasteiger partial charge in [0, 0.05) is 13.1 Å². The molecule has 1 aliphatic rings. The van der Waals surface area contributed by atoms with Gasteiger partial charge in [0.2, 0.25) is 5.95 Å². The predicted octanol–water partition coefficient (Wildman–Crippen LogP) is 0.978. The fraction of sp³-hybridized carbons (Fsp3) is 0.444. The summed E-state index contributed by atoms with van der Waals surface area (Å²) in [6.07, 6.45) is 2.63. The van der Waals surface area contributed by atoms with E-state index in [1.54, 1.807) is 0 Å². The van der Waals surface area contributed by atoms with Crippen molar-refractivity contribution in [1.29, 1.82) is 0 Å². The van der Waals surface area contributed by atoms with Gasteiger partial charge in [0.05, 0.1) is 0 Å². The standard InChI is InChI=1S/C9H11N5O/c1-6-7(10-5-15-6)8-11-9(13-12-8)14-3-2-4-14/h5H,2-4H2,1H3,(H,11,12,13). The molecule has 0 radical (unpaired) electrons. The molecule has 6 nitrogen and oxygen atoms in total. The lowest BCUT2D eigenvalue weighted by Crippen LogP contribution is -2.37. The first-order valence-corrected chi connectivity index (χ1v) is 4.92. The molecular weight excluding hydrogens is 194 g/mol. The summed E-state index contributed by atoms with van der Waals surface area (Å²) in [4.78, 5) is 10.6. The molecule has 0 aromatic carbocycles. The Morgan fingerprint density at radius 1 is 1.47 bits per heavy atom. The zero-order valence-corrected chi connectivity index (χ0v) is 8.40. The Morgan fingerprint density at radius 2 is 2.33 bits per heavy atom. The maximum atomic E-state index is 5.12. The minimum atomic E-state index is 0.670. The quantitative estimate of drug-likeness (QED) is 0.791. The molecule has 1 fully saturated rings. The highest BCUT2D eigenvalue weighted by molar-refractivity contribution is 5.53. The van der Waals surface area contributed by atoms with E-state index in [9.17, 15) is 0 Å². The number of aromatic nitrogens is 4. The Kier molecular flexibility index (Phi) is 1.74. The molecule has 15 heavy (non-hydrogen) atoms. The van der Waals surface area contributed by atoms with E-state index in [2.05, 4.69) is 25.1 Å². The van der Waals surface area contributed by atoms with Crippen molar-refractivity contribution in [3.8, 4) is 11.5 Å². The normalized spacial score (nSPS) is 15.4. The van der Waals surface area contributed by atoms with Crippen LogP contribution in [0.4, 0.5) is 5.95 Å². The van der Waals surface area contributed by atoms with Crippen molar-refractivity contribution in [2.45, 2.75) is 13.3 Å². The van der Waals surface area contributed by atoms with Gasteiger partial charge >= 0.3 is 0 Å². The molecule has 78 valence electrons. The molecule has 6 heteroatoms. The zero-order valence-electron chi connectivity index (χ0n) is 8.40. The van der Waals surface area contributed by atoms with Crippen LogP contribution in [0.5, 0.6) is 0 Å². The van der Waals surface area contributed by atoms with Crippen molar-refractivity contribution in [2.24, 2.45) is 0 Å². The number of aromatic amines is 1. The Labute approximate surface area is 86.3 Å². The van der Waals surface area contributed by atoms with Crippen LogP contribution in [-0.2, 0) is 0 Å². The van der Waals surface area contributed by atoms with Crippen LogP contribution < -0.4 is 4.90 Å². The summed E-state index contributed by atoms with van der Waals surface area (Å²) in [6, 6.07) is 0. The Hall–Kier alpha value is -1.85. The average molecular weight is 205 g/mol. The van der Waals surface area contributed by atoms with E-state index >= 15 is 0 Å². The molecule has 2 aromatic rings. The molecule has 3 heterocycles. The number of anilines is 1. The third kappa shape index (κ3) is 1.29. The second-order valence-corrected chi connectivity index (χ2v) is 3.58. The SMILES string of the molecule is Cc1ocnc1-c1nc(N2CCC2)n[nH]1. The van der Waals surface area contributed by atoms with E-state index < -0.39 is 0 Å². The number of H-pyrrole nitrogens is 1. The van der Waals surface area contributed by atoms with E-state index in [1.807, 2.05) is 6.92 Å². The molecule has 1 N–H and O–H groups in total. The molecule has 0 amide bonds. The van der Waals surface area contributed by atoms with Gasteiger partial charge in [-0.25, -0.2) is 4.98 Å². The third-order valence-electron chi connectivity index (χ3n) is 2.58. The Balaban J connectivity index is 1.93. The Morgan fingerprint density at radius 3 is 2.93 bits per heavy atom. The number of aryl methyl sites for hydroxylation is 1. The molecule has 0 atom stereocenters. The van der Waals surface area contributed by atoms with Gasteiger partial charge in [0.25, 0.3) is 0 Å².